The number of para-hydroxylation sites is 1. The average Bonchev–Trinajstić information content (AvgIpc) is 2.54. The fourth-order valence-corrected chi connectivity index (χ4v) is 2.84. The molecule has 0 fully saturated rings. The predicted octanol–water partition coefficient (Wildman–Crippen LogP) is 3.19. The van der Waals surface area contributed by atoms with Crippen LogP contribution >= 0.6 is 12.4 Å². The van der Waals surface area contributed by atoms with Crippen molar-refractivity contribution >= 4 is 24.0 Å². The van der Waals surface area contributed by atoms with Crippen LogP contribution in [0.2, 0.25) is 0 Å². The van der Waals surface area contributed by atoms with Gasteiger partial charge in [-0.25, -0.2) is 0 Å². The number of hydrogen-bond donors (Lipinski definition) is 2. The van der Waals surface area contributed by atoms with E-state index in [1.54, 1.807) is 0 Å². The van der Waals surface area contributed by atoms with E-state index in [1.807, 2.05) is 30.3 Å². The first kappa shape index (κ1) is 16.4. The van der Waals surface area contributed by atoms with Gasteiger partial charge >= 0.3 is 0 Å². The predicted molar refractivity (Wildman–Crippen MR) is 92.6 cm³/mol. The molecule has 2 aromatic rings. The SMILES string of the molecule is Cl.O=C(CNc1ccccc1)NC1CCc2ccccc2C1. The summed E-state index contributed by atoms with van der Waals surface area (Å²) in [7, 11) is 0. The number of hydrogen-bond acceptors (Lipinski definition) is 2. The Bertz CT molecular complexity index is 615. The topological polar surface area (TPSA) is 41.1 Å². The molecule has 0 heterocycles. The zero-order valence-corrected chi connectivity index (χ0v) is 13.2. The van der Waals surface area contributed by atoms with E-state index in [9.17, 15) is 4.79 Å². The summed E-state index contributed by atoms with van der Waals surface area (Å²) in [6, 6.07) is 18.6. The summed E-state index contributed by atoms with van der Waals surface area (Å²) < 4.78 is 0. The quantitative estimate of drug-likeness (QED) is 0.909. The molecule has 1 amide bonds. The maximum Gasteiger partial charge on any atom is 0.239 e. The first-order valence-corrected chi connectivity index (χ1v) is 7.46. The fraction of sp³-hybridized carbons (Fsp3) is 0.278. The molecule has 0 radical (unpaired) electrons. The zero-order chi connectivity index (χ0) is 14.5. The Hall–Kier alpha value is -2.00. The summed E-state index contributed by atoms with van der Waals surface area (Å²) in [5.41, 5.74) is 3.76. The highest BCUT2D eigenvalue weighted by atomic mass is 35.5. The molecule has 0 spiro atoms. The molecule has 4 heteroatoms. The van der Waals surface area contributed by atoms with Crippen molar-refractivity contribution in [2.24, 2.45) is 0 Å². The van der Waals surface area contributed by atoms with Gasteiger partial charge in [0.15, 0.2) is 0 Å². The van der Waals surface area contributed by atoms with Crippen LogP contribution < -0.4 is 10.6 Å². The van der Waals surface area contributed by atoms with Gasteiger partial charge in [-0.05, 0) is 42.5 Å². The fourth-order valence-electron chi connectivity index (χ4n) is 2.84. The van der Waals surface area contributed by atoms with Crippen LogP contribution in [0.5, 0.6) is 0 Å². The highest BCUT2D eigenvalue weighted by molar-refractivity contribution is 5.85. The molecular weight excluding hydrogens is 296 g/mol. The third-order valence-electron chi connectivity index (χ3n) is 3.94. The monoisotopic (exact) mass is 316 g/mol. The number of aryl methyl sites for hydroxylation is 1. The number of fused-ring (bicyclic) bond motifs is 1. The van der Waals surface area contributed by atoms with Crippen molar-refractivity contribution in [1.82, 2.24) is 5.32 Å². The van der Waals surface area contributed by atoms with E-state index < -0.39 is 0 Å². The number of rotatable bonds is 4. The second kappa shape index (κ2) is 7.85. The lowest BCUT2D eigenvalue weighted by Crippen LogP contribution is -2.41. The molecule has 0 saturated carbocycles. The van der Waals surface area contributed by atoms with Gasteiger partial charge in [0.1, 0.15) is 0 Å². The molecule has 22 heavy (non-hydrogen) atoms. The van der Waals surface area contributed by atoms with Crippen LogP contribution in [-0.4, -0.2) is 18.5 Å². The number of nitrogens with one attached hydrogen (secondary N) is 2. The molecule has 0 aliphatic heterocycles. The van der Waals surface area contributed by atoms with Crippen molar-refractivity contribution in [3.63, 3.8) is 0 Å². The molecule has 1 atom stereocenters. The highest BCUT2D eigenvalue weighted by Gasteiger charge is 2.19. The third kappa shape index (κ3) is 4.25. The first-order chi connectivity index (χ1) is 10.3. The normalized spacial score (nSPS) is 16.1. The summed E-state index contributed by atoms with van der Waals surface area (Å²) >= 11 is 0. The number of amides is 1. The Morgan fingerprint density at radius 2 is 1.68 bits per heavy atom. The number of anilines is 1. The van der Waals surface area contributed by atoms with Gasteiger partial charge in [0.2, 0.25) is 5.91 Å². The van der Waals surface area contributed by atoms with Crippen LogP contribution in [0.15, 0.2) is 54.6 Å². The molecule has 2 N–H and O–H groups in total. The standard InChI is InChI=1S/C18H20N2O.ClH/c21-18(13-19-16-8-2-1-3-9-16)20-17-11-10-14-6-4-5-7-15(14)12-17;/h1-9,17,19H,10-13H2,(H,20,21);1H. The average molecular weight is 317 g/mol. The molecule has 0 aromatic heterocycles. The van der Waals surface area contributed by atoms with Crippen LogP contribution in [0.1, 0.15) is 17.5 Å². The van der Waals surface area contributed by atoms with Gasteiger partial charge in [0.25, 0.3) is 0 Å². The molecular formula is C18H21ClN2O. The van der Waals surface area contributed by atoms with Crippen LogP contribution in [0.3, 0.4) is 0 Å². The van der Waals surface area contributed by atoms with E-state index in [-0.39, 0.29) is 24.4 Å². The number of carbonyl (C=O) groups is 1. The van der Waals surface area contributed by atoms with Gasteiger partial charge in [-0.15, -0.1) is 12.4 Å². The number of benzene rings is 2. The number of halogens is 1. The lowest BCUT2D eigenvalue weighted by Gasteiger charge is -2.25. The van der Waals surface area contributed by atoms with Gasteiger partial charge in [-0.1, -0.05) is 42.5 Å². The van der Waals surface area contributed by atoms with Crippen molar-refractivity contribution < 1.29 is 4.79 Å². The Morgan fingerprint density at radius 1 is 1.00 bits per heavy atom. The van der Waals surface area contributed by atoms with Crippen LogP contribution in [0, 0.1) is 0 Å². The summed E-state index contributed by atoms with van der Waals surface area (Å²) in [4.78, 5) is 12.0. The van der Waals surface area contributed by atoms with Gasteiger partial charge in [0.05, 0.1) is 6.54 Å². The second-order valence-corrected chi connectivity index (χ2v) is 5.50. The Balaban J connectivity index is 0.00000176. The van der Waals surface area contributed by atoms with E-state index in [0.717, 1.165) is 24.9 Å². The van der Waals surface area contributed by atoms with E-state index in [2.05, 4.69) is 34.9 Å². The molecule has 1 unspecified atom stereocenters. The van der Waals surface area contributed by atoms with Crippen LogP contribution in [-0.2, 0) is 17.6 Å². The van der Waals surface area contributed by atoms with Crippen molar-refractivity contribution in [3.8, 4) is 0 Å². The van der Waals surface area contributed by atoms with E-state index in [1.165, 1.54) is 11.1 Å². The van der Waals surface area contributed by atoms with E-state index >= 15 is 0 Å². The van der Waals surface area contributed by atoms with E-state index in [4.69, 9.17) is 0 Å². The van der Waals surface area contributed by atoms with Gasteiger partial charge in [-0.2, -0.15) is 0 Å². The minimum atomic E-state index is 0. The van der Waals surface area contributed by atoms with Crippen molar-refractivity contribution in [2.75, 3.05) is 11.9 Å². The lowest BCUT2D eigenvalue weighted by atomic mass is 9.88. The van der Waals surface area contributed by atoms with Gasteiger partial charge < -0.3 is 10.6 Å². The number of carbonyl (C=O) groups excluding carboxylic acids is 1. The van der Waals surface area contributed by atoms with Crippen molar-refractivity contribution in [1.29, 1.82) is 0 Å². The van der Waals surface area contributed by atoms with E-state index in [0.29, 0.717) is 6.54 Å². The highest BCUT2D eigenvalue weighted by Crippen LogP contribution is 2.20. The molecule has 3 nitrogen and oxygen atoms in total. The Kier molecular flexibility index (Phi) is 5.84. The summed E-state index contributed by atoms with van der Waals surface area (Å²) in [6.07, 6.45) is 3.01. The molecule has 1 aliphatic carbocycles. The molecule has 3 rings (SSSR count). The second-order valence-electron chi connectivity index (χ2n) is 5.50. The van der Waals surface area contributed by atoms with Crippen molar-refractivity contribution in [2.45, 2.75) is 25.3 Å². The third-order valence-corrected chi connectivity index (χ3v) is 3.94. The summed E-state index contributed by atoms with van der Waals surface area (Å²) in [6.45, 7) is 0.322. The maximum absolute atomic E-state index is 12.0. The molecule has 0 bridgehead atoms. The zero-order valence-electron chi connectivity index (χ0n) is 12.4. The Morgan fingerprint density at radius 3 is 2.45 bits per heavy atom. The summed E-state index contributed by atoms with van der Waals surface area (Å²) in [5.74, 6) is 0.0586. The maximum atomic E-state index is 12.0. The van der Waals surface area contributed by atoms with Crippen LogP contribution in [0.4, 0.5) is 5.69 Å². The van der Waals surface area contributed by atoms with Gasteiger partial charge in [-0.3, -0.25) is 4.79 Å². The molecule has 116 valence electrons. The van der Waals surface area contributed by atoms with Gasteiger partial charge in [0, 0.05) is 11.7 Å². The minimum absolute atomic E-state index is 0. The lowest BCUT2D eigenvalue weighted by molar-refractivity contribution is -0.120. The van der Waals surface area contributed by atoms with Crippen LogP contribution in [0.25, 0.3) is 0 Å². The minimum Gasteiger partial charge on any atom is -0.376 e. The summed E-state index contributed by atoms with van der Waals surface area (Å²) in [5, 5.41) is 6.27. The largest absolute Gasteiger partial charge is 0.376 e. The first-order valence-electron chi connectivity index (χ1n) is 7.46. The molecule has 1 aliphatic rings. The Labute approximate surface area is 137 Å². The van der Waals surface area contributed by atoms with Crippen molar-refractivity contribution in [3.05, 3.63) is 65.7 Å². The molecule has 2 aromatic carbocycles. The molecule has 0 saturated heterocycles. The smallest absolute Gasteiger partial charge is 0.239 e.